The molecule has 0 unspecified atom stereocenters. The maximum Gasteiger partial charge on any atom is 0.129 e. The highest BCUT2D eigenvalue weighted by Crippen LogP contribution is 2.54. The lowest BCUT2D eigenvalue weighted by Crippen LogP contribution is -2.16. The number of hydrogen-bond acceptors (Lipinski definition) is 0. The molecule has 0 bridgehead atoms. The third kappa shape index (κ3) is 2.66. The standard InChI is InChI=1S/C17H13Cl2ISi/c1-21(2,3)9-8-10-4-5-12-11-6-7-13(18)16(19)14(11)15(12)17(10)20/h4-7H,1-3H3. The molecule has 0 saturated carbocycles. The molecule has 0 fully saturated rings. The third-order valence-corrected chi connectivity index (χ3v) is 6.15. The number of hydrogen-bond donors (Lipinski definition) is 0. The van der Waals surface area contributed by atoms with Crippen LogP contribution in [0.15, 0.2) is 24.3 Å². The van der Waals surface area contributed by atoms with E-state index in [1.807, 2.05) is 12.1 Å². The second kappa shape index (κ2) is 5.31. The first-order valence-electron chi connectivity index (χ1n) is 6.64. The first kappa shape index (κ1) is 15.4. The largest absolute Gasteiger partial charge is 0.129 e. The molecule has 0 aromatic heterocycles. The minimum atomic E-state index is -1.38. The fourth-order valence-corrected chi connectivity index (χ4v) is 4.15. The quantitative estimate of drug-likeness (QED) is 0.212. The lowest BCUT2D eigenvalue weighted by atomic mass is 9.80. The summed E-state index contributed by atoms with van der Waals surface area (Å²) in [6, 6.07) is 8.14. The molecule has 106 valence electrons. The molecule has 0 saturated heterocycles. The number of halogens is 3. The Kier molecular flexibility index (Phi) is 3.90. The number of benzene rings is 2. The van der Waals surface area contributed by atoms with Gasteiger partial charge in [0.05, 0.1) is 10.0 Å². The maximum absolute atomic E-state index is 6.37. The Labute approximate surface area is 150 Å². The Morgan fingerprint density at radius 1 is 0.952 bits per heavy atom. The van der Waals surface area contributed by atoms with Gasteiger partial charge in [-0.3, -0.25) is 0 Å². The summed E-state index contributed by atoms with van der Waals surface area (Å²) in [7, 11) is -1.38. The van der Waals surface area contributed by atoms with Gasteiger partial charge in [-0.05, 0) is 45.9 Å². The van der Waals surface area contributed by atoms with Gasteiger partial charge in [-0.1, -0.05) is 60.9 Å². The van der Waals surface area contributed by atoms with Crippen molar-refractivity contribution < 1.29 is 0 Å². The molecule has 0 heterocycles. The van der Waals surface area contributed by atoms with E-state index in [0.717, 1.165) is 11.1 Å². The van der Waals surface area contributed by atoms with E-state index in [2.05, 4.69) is 65.8 Å². The highest BCUT2D eigenvalue weighted by atomic mass is 127. The van der Waals surface area contributed by atoms with Gasteiger partial charge in [0.15, 0.2) is 0 Å². The van der Waals surface area contributed by atoms with Gasteiger partial charge in [0.25, 0.3) is 0 Å². The fourth-order valence-electron chi connectivity index (χ4n) is 2.35. The lowest BCUT2D eigenvalue weighted by molar-refractivity contribution is 1.47. The monoisotopic (exact) mass is 442 g/mol. The number of rotatable bonds is 0. The number of fused-ring (bicyclic) bond motifs is 4. The summed E-state index contributed by atoms with van der Waals surface area (Å²) in [5, 5.41) is 1.25. The van der Waals surface area contributed by atoms with E-state index in [0.29, 0.717) is 10.0 Å². The summed E-state index contributed by atoms with van der Waals surface area (Å²) in [6.07, 6.45) is 0. The van der Waals surface area contributed by atoms with Crippen LogP contribution in [-0.4, -0.2) is 8.07 Å². The van der Waals surface area contributed by atoms with Crippen molar-refractivity contribution in [2.45, 2.75) is 19.6 Å². The van der Waals surface area contributed by atoms with Gasteiger partial charge in [-0.2, -0.15) is 0 Å². The first-order chi connectivity index (χ1) is 9.79. The zero-order valence-electron chi connectivity index (χ0n) is 11.9. The molecular weight excluding hydrogens is 430 g/mol. The van der Waals surface area contributed by atoms with Crippen LogP contribution in [0.2, 0.25) is 29.7 Å². The lowest BCUT2D eigenvalue weighted by Gasteiger charge is -2.27. The molecule has 3 rings (SSSR count). The second-order valence-electron chi connectivity index (χ2n) is 6.13. The van der Waals surface area contributed by atoms with Crippen LogP contribution >= 0.6 is 45.8 Å². The Bertz CT molecular complexity index is 823. The average Bonchev–Trinajstić information content (AvgIpc) is 2.36. The first-order valence-corrected chi connectivity index (χ1v) is 12.0. The summed E-state index contributed by atoms with van der Waals surface area (Å²) in [5.41, 5.74) is 9.20. The van der Waals surface area contributed by atoms with Crippen molar-refractivity contribution in [3.63, 3.8) is 0 Å². The summed E-state index contributed by atoms with van der Waals surface area (Å²) in [5.74, 6) is 3.35. The topological polar surface area (TPSA) is 0 Å². The Hall–Kier alpha value is -0.473. The van der Waals surface area contributed by atoms with Crippen LogP contribution < -0.4 is 0 Å². The van der Waals surface area contributed by atoms with Crippen LogP contribution in [0.4, 0.5) is 0 Å². The van der Waals surface area contributed by atoms with Crippen LogP contribution in [0.3, 0.4) is 0 Å². The second-order valence-corrected chi connectivity index (χ2v) is 12.7. The van der Waals surface area contributed by atoms with E-state index in [9.17, 15) is 0 Å². The van der Waals surface area contributed by atoms with Crippen LogP contribution in [0.1, 0.15) is 5.56 Å². The van der Waals surface area contributed by atoms with E-state index in [-0.39, 0.29) is 0 Å². The van der Waals surface area contributed by atoms with Crippen molar-refractivity contribution in [3.05, 3.63) is 43.4 Å². The molecule has 4 heteroatoms. The molecular formula is C17H13Cl2ISi. The van der Waals surface area contributed by atoms with Gasteiger partial charge in [-0.15, -0.1) is 5.54 Å². The maximum atomic E-state index is 6.37. The van der Waals surface area contributed by atoms with Gasteiger partial charge in [0.2, 0.25) is 0 Å². The predicted octanol–water partition coefficient (Wildman–Crippen LogP) is 6.47. The average molecular weight is 443 g/mol. The molecule has 1 aliphatic rings. The van der Waals surface area contributed by atoms with Gasteiger partial charge in [0.1, 0.15) is 8.07 Å². The van der Waals surface area contributed by atoms with E-state index in [1.54, 1.807) is 0 Å². The van der Waals surface area contributed by atoms with Crippen molar-refractivity contribution in [2.75, 3.05) is 0 Å². The third-order valence-electron chi connectivity index (χ3n) is 3.35. The minimum absolute atomic E-state index is 0.607. The van der Waals surface area contributed by atoms with Gasteiger partial charge < -0.3 is 0 Å². The molecule has 0 atom stereocenters. The summed E-state index contributed by atoms with van der Waals surface area (Å²) in [6.45, 7) is 6.75. The van der Waals surface area contributed by atoms with Crippen LogP contribution in [0, 0.1) is 15.0 Å². The van der Waals surface area contributed by atoms with Crippen LogP contribution in [0.25, 0.3) is 22.3 Å². The van der Waals surface area contributed by atoms with Gasteiger partial charge in [0, 0.05) is 20.3 Å². The molecule has 0 nitrogen and oxygen atoms in total. The molecule has 0 N–H and O–H groups in total. The zero-order valence-corrected chi connectivity index (χ0v) is 16.6. The van der Waals surface area contributed by atoms with Crippen molar-refractivity contribution in [1.29, 1.82) is 0 Å². The Morgan fingerprint density at radius 3 is 2.24 bits per heavy atom. The van der Waals surface area contributed by atoms with E-state index in [4.69, 9.17) is 23.2 Å². The fraction of sp³-hybridized carbons (Fsp3) is 0.176. The van der Waals surface area contributed by atoms with Crippen molar-refractivity contribution in [1.82, 2.24) is 0 Å². The molecule has 1 aliphatic carbocycles. The van der Waals surface area contributed by atoms with Crippen molar-refractivity contribution in [2.24, 2.45) is 0 Å². The van der Waals surface area contributed by atoms with Gasteiger partial charge in [-0.25, -0.2) is 0 Å². The van der Waals surface area contributed by atoms with Crippen LogP contribution in [0.5, 0.6) is 0 Å². The van der Waals surface area contributed by atoms with E-state index >= 15 is 0 Å². The Balaban J connectivity index is 2.15. The highest BCUT2D eigenvalue weighted by molar-refractivity contribution is 14.1. The molecule has 0 amide bonds. The van der Waals surface area contributed by atoms with Crippen molar-refractivity contribution in [3.8, 4) is 33.7 Å². The smallest absolute Gasteiger partial charge is 0.127 e. The molecule has 21 heavy (non-hydrogen) atoms. The van der Waals surface area contributed by atoms with Crippen LogP contribution in [-0.2, 0) is 0 Å². The van der Waals surface area contributed by atoms with Gasteiger partial charge >= 0.3 is 0 Å². The zero-order chi connectivity index (χ0) is 15.4. The molecule has 0 radical (unpaired) electrons. The molecule has 2 aromatic carbocycles. The minimum Gasteiger partial charge on any atom is -0.127 e. The summed E-state index contributed by atoms with van der Waals surface area (Å²) < 4.78 is 1.17. The van der Waals surface area contributed by atoms with E-state index < -0.39 is 8.07 Å². The Morgan fingerprint density at radius 2 is 1.57 bits per heavy atom. The summed E-state index contributed by atoms with van der Waals surface area (Å²) in [4.78, 5) is 0. The highest BCUT2D eigenvalue weighted by Gasteiger charge is 2.29. The molecule has 0 aliphatic heterocycles. The molecule has 0 spiro atoms. The normalized spacial score (nSPS) is 11.9. The summed E-state index contributed by atoms with van der Waals surface area (Å²) >= 11 is 14.9. The predicted molar refractivity (Wildman–Crippen MR) is 104 cm³/mol. The molecule has 2 aromatic rings. The van der Waals surface area contributed by atoms with E-state index in [1.165, 1.54) is 20.3 Å². The van der Waals surface area contributed by atoms with Crippen molar-refractivity contribution >= 4 is 53.9 Å². The SMILES string of the molecule is C[Si](C)(C)C#Cc1ccc2c(c1I)-c1c-2ccc(Cl)c1Cl.